The Hall–Kier alpha value is -7.20. The Bertz CT molecular complexity index is 3110. The van der Waals surface area contributed by atoms with Gasteiger partial charge in [0.15, 0.2) is 8.07 Å². The molecule has 0 amide bonds. The molecule has 3 heteroatoms. The van der Waals surface area contributed by atoms with Crippen molar-refractivity contribution in [3.63, 3.8) is 0 Å². The summed E-state index contributed by atoms with van der Waals surface area (Å²) in [5, 5.41) is 10.4. The largest absolute Gasteiger partial charge is 0.309 e. The first-order valence-corrected chi connectivity index (χ1v) is 21.7. The highest BCUT2D eigenvalue weighted by molar-refractivity contribution is 7.20. The van der Waals surface area contributed by atoms with Crippen molar-refractivity contribution in [1.29, 1.82) is 0 Å². The maximum absolute atomic E-state index is 2.75. The second-order valence-electron chi connectivity index (χ2n) is 14.9. The van der Waals surface area contributed by atoms with Crippen LogP contribution >= 0.6 is 0 Å². The van der Waals surface area contributed by atoms with Crippen LogP contribution in [-0.2, 0) is 0 Å². The molecule has 0 unspecified atom stereocenters. The lowest BCUT2D eigenvalue weighted by molar-refractivity contribution is 1.17. The molecular formula is C54H38N2Si. The van der Waals surface area contributed by atoms with Crippen LogP contribution in [0.4, 0.5) is 0 Å². The Morgan fingerprint density at radius 1 is 0.246 bits per heavy atom. The third-order valence-corrected chi connectivity index (χ3v) is 16.6. The highest BCUT2D eigenvalue weighted by Crippen LogP contribution is 2.38. The fourth-order valence-corrected chi connectivity index (χ4v) is 14.1. The van der Waals surface area contributed by atoms with Gasteiger partial charge in [0.2, 0.25) is 0 Å². The molecule has 0 saturated heterocycles. The number of benzene rings is 9. The highest BCUT2D eigenvalue weighted by Gasteiger charge is 2.41. The third-order valence-electron chi connectivity index (χ3n) is 11.9. The Balaban J connectivity index is 1.20. The molecule has 2 nitrogen and oxygen atoms in total. The van der Waals surface area contributed by atoms with Crippen molar-refractivity contribution in [2.75, 3.05) is 0 Å². The van der Waals surface area contributed by atoms with E-state index in [1.165, 1.54) is 75.5 Å². The van der Waals surface area contributed by atoms with Crippen LogP contribution < -0.4 is 20.7 Å². The number of nitrogens with zero attached hydrogens (tertiary/aromatic N) is 2. The Morgan fingerprint density at radius 3 is 1.37 bits per heavy atom. The van der Waals surface area contributed by atoms with E-state index < -0.39 is 8.07 Å². The predicted octanol–water partition coefficient (Wildman–Crippen LogP) is 10.9. The zero-order valence-electron chi connectivity index (χ0n) is 31.3. The molecule has 0 bridgehead atoms. The lowest BCUT2D eigenvalue weighted by atomic mass is 10.0. The number of rotatable bonds is 7. The fourth-order valence-electron chi connectivity index (χ4n) is 9.36. The zero-order valence-corrected chi connectivity index (χ0v) is 32.3. The van der Waals surface area contributed by atoms with Gasteiger partial charge in [-0.3, -0.25) is 0 Å². The maximum Gasteiger partial charge on any atom is 0.179 e. The SMILES string of the molecule is c1ccc(-c2ccc3c4cc(-n5c6ccccc6c6ccc([Si](c7ccccc7)(c7ccccc7)c7ccccc7)cc65)ccc4n(-c4ccccc4)c3c2)cc1. The second kappa shape index (κ2) is 13.5. The normalized spacial score (nSPS) is 11.9. The van der Waals surface area contributed by atoms with Crippen molar-refractivity contribution in [3.8, 4) is 22.5 Å². The number of para-hydroxylation sites is 2. The van der Waals surface area contributed by atoms with Crippen LogP contribution in [0.15, 0.2) is 231 Å². The van der Waals surface area contributed by atoms with Crippen LogP contribution in [0.2, 0.25) is 0 Å². The van der Waals surface area contributed by atoms with Gasteiger partial charge in [0.25, 0.3) is 0 Å². The van der Waals surface area contributed by atoms with Gasteiger partial charge >= 0.3 is 0 Å². The van der Waals surface area contributed by atoms with Crippen LogP contribution in [0.25, 0.3) is 66.1 Å². The van der Waals surface area contributed by atoms with Gasteiger partial charge in [-0.2, -0.15) is 0 Å². The molecule has 0 N–H and O–H groups in total. The molecule has 9 aromatic carbocycles. The molecule has 2 heterocycles. The molecule has 0 aliphatic heterocycles. The molecule has 0 atom stereocenters. The number of aromatic nitrogens is 2. The molecule has 0 radical (unpaired) electrons. The summed E-state index contributed by atoms with van der Waals surface area (Å²) in [4.78, 5) is 0. The summed E-state index contributed by atoms with van der Waals surface area (Å²) < 4.78 is 4.92. The van der Waals surface area contributed by atoms with E-state index in [-0.39, 0.29) is 0 Å². The van der Waals surface area contributed by atoms with E-state index in [1.54, 1.807) is 0 Å². The minimum Gasteiger partial charge on any atom is -0.309 e. The molecule has 0 fully saturated rings. The summed E-state index contributed by atoms with van der Waals surface area (Å²) in [5.41, 5.74) is 9.53. The van der Waals surface area contributed by atoms with E-state index >= 15 is 0 Å². The molecule has 11 aromatic rings. The lowest BCUT2D eigenvalue weighted by Crippen LogP contribution is -2.74. The molecule has 0 aliphatic rings. The fraction of sp³-hybridized carbons (Fsp3) is 0. The van der Waals surface area contributed by atoms with Crippen LogP contribution in [-0.4, -0.2) is 17.2 Å². The summed E-state index contributed by atoms with van der Waals surface area (Å²) >= 11 is 0. The van der Waals surface area contributed by atoms with E-state index in [0.717, 1.165) is 11.4 Å². The van der Waals surface area contributed by atoms with E-state index in [9.17, 15) is 0 Å². The van der Waals surface area contributed by atoms with Crippen molar-refractivity contribution < 1.29 is 0 Å². The van der Waals surface area contributed by atoms with Gasteiger partial charge < -0.3 is 9.13 Å². The van der Waals surface area contributed by atoms with Gasteiger partial charge in [0.05, 0.1) is 22.1 Å². The van der Waals surface area contributed by atoms with Crippen molar-refractivity contribution >= 4 is 72.4 Å². The Kier molecular flexibility index (Phi) is 7.87. The van der Waals surface area contributed by atoms with Crippen molar-refractivity contribution in [2.45, 2.75) is 0 Å². The summed E-state index contributed by atoms with van der Waals surface area (Å²) in [6.45, 7) is 0. The van der Waals surface area contributed by atoms with Crippen molar-refractivity contribution in [2.24, 2.45) is 0 Å². The zero-order chi connectivity index (χ0) is 37.8. The molecule has 0 saturated carbocycles. The van der Waals surface area contributed by atoms with Gasteiger partial charge in [-0.15, -0.1) is 0 Å². The third kappa shape index (κ3) is 5.24. The Morgan fingerprint density at radius 2 is 0.719 bits per heavy atom. The molecule has 57 heavy (non-hydrogen) atoms. The lowest BCUT2D eigenvalue weighted by Gasteiger charge is -2.34. The molecule has 0 spiro atoms. The highest BCUT2D eigenvalue weighted by atomic mass is 28.3. The monoisotopic (exact) mass is 742 g/mol. The molecular weight excluding hydrogens is 705 g/mol. The average Bonchev–Trinajstić information content (AvgIpc) is 3.80. The van der Waals surface area contributed by atoms with Crippen molar-refractivity contribution in [3.05, 3.63) is 231 Å². The molecule has 2 aromatic heterocycles. The first-order valence-electron chi connectivity index (χ1n) is 19.7. The number of fused-ring (bicyclic) bond motifs is 6. The summed E-state index contributed by atoms with van der Waals surface area (Å²) in [6.07, 6.45) is 0. The minimum atomic E-state index is -2.75. The van der Waals surface area contributed by atoms with E-state index in [0.29, 0.717) is 0 Å². The van der Waals surface area contributed by atoms with Gasteiger partial charge in [0, 0.05) is 32.9 Å². The van der Waals surface area contributed by atoms with Crippen molar-refractivity contribution in [1.82, 2.24) is 9.13 Å². The summed E-state index contributed by atoms with van der Waals surface area (Å²) in [5.74, 6) is 0. The molecule has 11 rings (SSSR count). The molecule has 0 aliphatic carbocycles. The van der Waals surface area contributed by atoms with Crippen LogP contribution in [0.1, 0.15) is 0 Å². The van der Waals surface area contributed by atoms with Crippen LogP contribution in [0, 0.1) is 0 Å². The Labute approximate surface area is 333 Å². The van der Waals surface area contributed by atoms with E-state index in [4.69, 9.17) is 0 Å². The minimum absolute atomic E-state index is 1.15. The quantitative estimate of drug-likeness (QED) is 0.114. The first kappa shape index (κ1) is 33.2. The number of hydrogen-bond donors (Lipinski definition) is 0. The average molecular weight is 743 g/mol. The topological polar surface area (TPSA) is 9.86 Å². The predicted molar refractivity (Wildman–Crippen MR) is 244 cm³/mol. The van der Waals surface area contributed by atoms with Gasteiger partial charge in [-0.05, 0) is 80.4 Å². The van der Waals surface area contributed by atoms with Gasteiger partial charge in [-0.1, -0.05) is 182 Å². The van der Waals surface area contributed by atoms with Gasteiger partial charge in [-0.25, -0.2) is 0 Å². The molecule has 268 valence electrons. The number of hydrogen-bond acceptors (Lipinski definition) is 0. The van der Waals surface area contributed by atoms with Crippen LogP contribution in [0.5, 0.6) is 0 Å². The smallest absolute Gasteiger partial charge is 0.179 e. The van der Waals surface area contributed by atoms with Crippen LogP contribution in [0.3, 0.4) is 0 Å². The first-order chi connectivity index (χ1) is 28.3. The maximum atomic E-state index is 2.51. The van der Waals surface area contributed by atoms with E-state index in [2.05, 4.69) is 240 Å². The van der Waals surface area contributed by atoms with E-state index in [1.807, 2.05) is 0 Å². The summed E-state index contributed by atoms with van der Waals surface area (Å²) in [7, 11) is -2.75. The standard InChI is InChI=1S/C54H38N2Si/c1-6-18-39(19-7-1)40-30-33-49-50-37-42(31-35-52(50)55(53(49)36-40)41-20-8-2-9-21-41)56-51-29-17-16-28-47(51)48-34-32-46(38-54(48)56)57(43-22-10-3-11-23-43,44-24-12-4-13-25-44)45-26-14-5-15-27-45/h1-38H. The van der Waals surface area contributed by atoms with Gasteiger partial charge in [0.1, 0.15) is 0 Å². The second-order valence-corrected chi connectivity index (χ2v) is 18.7. The summed E-state index contributed by atoms with van der Waals surface area (Å²) in [6, 6.07) is 85.2.